The van der Waals surface area contributed by atoms with E-state index >= 15 is 0 Å². The van der Waals surface area contributed by atoms with Crippen molar-refractivity contribution in [2.45, 2.75) is 38.8 Å². The molecular weight excluding hydrogens is 246 g/mol. The molecule has 0 aliphatic carbocycles. The van der Waals surface area contributed by atoms with Crippen LogP contribution < -0.4 is 11.1 Å². The molecular formula is C13H19N3OS. The van der Waals surface area contributed by atoms with Gasteiger partial charge in [0.2, 0.25) is 0 Å². The summed E-state index contributed by atoms with van der Waals surface area (Å²) in [4.78, 5) is 4.84. The fourth-order valence-electron chi connectivity index (χ4n) is 2.17. The zero-order chi connectivity index (χ0) is 13.1. The van der Waals surface area contributed by atoms with Crippen LogP contribution in [0.4, 0.5) is 5.82 Å². The van der Waals surface area contributed by atoms with Gasteiger partial charge in [-0.3, -0.25) is 0 Å². The number of anilines is 1. The van der Waals surface area contributed by atoms with Gasteiger partial charge in [0.05, 0.1) is 17.7 Å². The first-order valence-corrected chi connectivity index (χ1v) is 6.64. The summed E-state index contributed by atoms with van der Waals surface area (Å²) >= 11 is 5.05. The number of rotatable bonds is 4. The second kappa shape index (κ2) is 5.63. The SMILES string of the molecule is Cc1ccc(C(N)=S)c(NC(C)C2CCCO2)n1. The van der Waals surface area contributed by atoms with Crippen LogP contribution in [-0.4, -0.2) is 28.7 Å². The second-order valence-corrected chi connectivity index (χ2v) is 5.14. The quantitative estimate of drug-likeness (QED) is 0.815. The number of pyridine rings is 1. The smallest absolute Gasteiger partial charge is 0.136 e. The van der Waals surface area contributed by atoms with Crippen molar-refractivity contribution in [1.82, 2.24) is 4.98 Å². The van der Waals surface area contributed by atoms with E-state index < -0.39 is 0 Å². The molecule has 18 heavy (non-hydrogen) atoms. The van der Waals surface area contributed by atoms with Gasteiger partial charge in [-0.25, -0.2) is 4.98 Å². The summed E-state index contributed by atoms with van der Waals surface area (Å²) in [6, 6.07) is 4.03. The molecule has 1 aliphatic rings. The molecule has 0 amide bonds. The Balaban J connectivity index is 2.16. The van der Waals surface area contributed by atoms with E-state index in [-0.39, 0.29) is 12.1 Å². The molecule has 98 valence electrons. The topological polar surface area (TPSA) is 60.2 Å². The van der Waals surface area contributed by atoms with Gasteiger partial charge in [-0.05, 0) is 38.8 Å². The maximum atomic E-state index is 5.71. The minimum absolute atomic E-state index is 0.204. The van der Waals surface area contributed by atoms with Crippen LogP contribution in [0.2, 0.25) is 0 Å². The van der Waals surface area contributed by atoms with Gasteiger partial charge < -0.3 is 15.8 Å². The molecule has 1 aromatic heterocycles. The van der Waals surface area contributed by atoms with E-state index in [4.69, 9.17) is 22.7 Å². The van der Waals surface area contributed by atoms with Crippen LogP contribution in [0.25, 0.3) is 0 Å². The van der Waals surface area contributed by atoms with Crippen molar-refractivity contribution >= 4 is 23.0 Å². The van der Waals surface area contributed by atoms with Gasteiger partial charge in [0.15, 0.2) is 0 Å². The molecule has 0 aromatic carbocycles. The van der Waals surface area contributed by atoms with Gasteiger partial charge in [-0.2, -0.15) is 0 Å². The van der Waals surface area contributed by atoms with E-state index in [0.29, 0.717) is 4.99 Å². The van der Waals surface area contributed by atoms with E-state index in [0.717, 1.165) is 36.5 Å². The molecule has 1 saturated heterocycles. The number of hydrogen-bond acceptors (Lipinski definition) is 4. The summed E-state index contributed by atoms with van der Waals surface area (Å²) in [6.45, 7) is 4.90. The molecule has 2 unspecified atom stereocenters. The molecule has 1 aromatic rings. The van der Waals surface area contributed by atoms with E-state index in [1.807, 2.05) is 19.1 Å². The number of aryl methyl sites for hydroxylation is 1. The zero-order valence-corrected chi connectivity index (χ0v) is 11.6. The van der Waals surface area contributed by atoms with Crippen molar-refractivity contribution in [3.63, 3.8) is 0 Å². The number of ether oxygens (including phenoxy) is 1. The number of nitrogens with two attached hydrogens (primary N) is 1. The summed E-state index contributed by atoms with van der Waals surface area (Å²) in [5.41, 5.74) is 7.45. The third-order valence-corrected chi connectivity index (χ3v) is 3.41. The third kappa shape index (κ3) is 2.97. The molecule has 0 spiro atoms. The van der Waals surface area contributed by atoms with E-state index in [1.165, 1.54) is 0 Å². The fourth-order valence-corrected chi connectivity index (χ4v) is 2.34. The van der Waals surface area contributed by atoms with E-state index in [1.54, 1.807) is 0 Å². The first-order chi connectivity index (χ1) is 8.58. The Morgan fingerprint density at radius 2 is 2.39 bits per heavy atom. The molecule has 0 bridgehead atoms. The summed E-state index contributed by atoms with van der Waals surface area (Å²) < 4.78 is 5.66. The Morgan fingerprint density at radius 3 is 3.00 bits per heavy atom. The second-order valence-electron chi connectivity index (χ2n) is 4.70. The summed E-state index contributed by atoms with van der Waals surface area (Å²) in [6.07, 6.45) is 2.45. The Hall–Kier alpha value is -1.20. The molecule has 0 saturated carbocycles. The van der Waals surface area contributed by atoms with Gasteiger partial charge in [0.1, 0.15) is 10.8 Å². The lowest BCUT2D eigenvalue weighted by Gasteiger charge is -2.22. The number of thiocarbonyl (C=S) groups is 1. The van der Waals surface area contributed by atoms with Gasteiger partial charge in [-0.1, -0.05) is 12.2 Å². The highest BCUT2D eigenvalue weighted by Crippen LogP contribution is 2.20. The number of hydrogen-bond donors (Lipinski definition) is 2. The molecule has 2 atom stereocenters. The maximum Gasteiger partial charge on any atom is 0.136 e. The van der Waals surface area contributed by atoms with Gasteiger partial charge in [0, 0.05) is 12.3 Å². The van der Waals surface area contributed by atoms with E-state index in [9.17, 15) is 0 Å². The maximum absolute atomic E-state index is 5.71. The predicted octanol–water partition coefficient (Wildman–Crippen LogP) is 2.00. The minimum Gasteiger partial charge on any atom is -0.389 e. The van der Waals surface area contributed by atoms with Crippen LogP contribution in [0.5, 0.6) is 0 Å². The minimum atomic E-state index is 0.204. The van der Waals surface area contributed by atoms with Crippen molar-refractivity contribution in [1.29, 1.82) is 0 Å². The highest BCUT2D eigenvalue weighted by molar-refractivity contribution is 7.80. The van der Waals surface area contributed by atoms with Crippen LogP contribution in [0.1, 0.15) is 31.0 Å². The number of nitrogens with one attached hydrogen (secondary N) is 1. The molecule has 2 rings (SSSR count). The Bertz CT molecular complexity index is 444. The first-order valence-electron chi connectivity index (χ1n) is 6.23. The summed E-state index contributed by atoms with van der Waals surface area (Å²) in [5, 5.41) is 3.37. The molecule has 4 nitrogen and oxygen atoms in total. The van der Waals surface area contributed by atoms with E-state index in [2.05, 4.69) is 17.2 Å². The highest BCUT2D eigenvalue weighted by atomic mass is 32.1. The van der Waals surface area contributed by atoms with Gasteiger partial charge in [0.25, 0.3) is 0 Å². The van der Waals surface area contributed by atoms with Crippen LogP contribution in [-0.2, 0) is 4.74 Å². The van der Waals surface area contributed by atoms with Crippen LogP contribution in [0, 0.1) is 6.92 Å². The van der Waals surface area contributed by atoms with Crippen molar-refractivity contribution in [2.24, 2.45) is 5.73 Å². The molecule has 1 aliphatic heterocycles. The molecule has 0 radical (unpaired) electrons. The van der Waals surface area contributed by atoms with Crippen LogP contribution in [0.3, 0.4) is 0 Å². The average molecular weight is 265 g/mol. The summed E-state index contributed by atoms with van der Waals surface area (Å²) in [5.74, 6) is 0.755. The third-order valence-electron chi connectivity index (χ3n) is 3.19. The van der Waals surface area contributed by atoms with Gasteiger partial charge >= 0.3 is 0 Å². The number of aromatic nitrogens is 1. The Morgan fingerprint density at radius 1 is 1.61 bits per heavy atom. The number of nitrogens with zero attached hydrogens (tertiary/aromatic N) is 1. The summed E-state index contributed by atoms with van der Waals surface area (Å²) in [7, 11) is 0. The highest BCUT2D eigenvalue weighted by Gasteiger charge is 2.23. The standard InChI is InChI=1S/C13H19N3OS/c1-8-5-6-10(12(14)18)13(15-8)16-9(2)11-4-3-7-17-11/h5-6,9,11H,3-4,7H2,1-2H3,(H2,14,18)(H,15,16). The monoisotopic (exact) mass is 265 g/mol. The van der Waals surface area contributed by atoms with Crippen LogP contribution in [0.15, 0.2) is 12.1 Å². The van der Waals surface area contributed by atoms with Crippen molar-refractivity contribution in [2.75, 3.05) is 11.9 Å². The Labute approximate surface area is 113 Å². The van der Waals surface area contributed by atoms with Gasteiger partial charge in [-0.15, -0.1) is 0 Å². The molecule has 2 heterocycles. The Kier molecular flexibility index (Phi) is 4.14. The van der Waals surface area contributed by atoms with Crippen molar-refractivity contribution in [3.8, 4) is 0 Å². The lowest BCUT2D eigenvalue weighted by atomic mass is 10.1. The zero-order valence-electron chi connectivity index (χ0n) is 10.8. The van der Waals surface area contributed by atoms with Crippen molar-refractivity contribution < 1.29 is 4.74 Å². The predicted molar refractivity (Wildman–Crippen MR) is 76.9 cm³/mol. The molecule has 3 N–H and O–H groups in total. The largest absolute Gasteiger partial charge is 0.389 e. The normalized spacial score (nSPS) is 20.7. The van der Waals surface area contributed by atoms with Crippen molar-refractivity contribution in [3.05, 3.63) is 23.4 Å². The first kappa shape index (κ1) is 13.2. The lowest BCUT2D eigenvalue weighted by Crippen LogP contribution is -2.31. The fraction of sp³-hybridized carbons (Fsp3) is 0.538. The van der Waals surface area contributed by atoms with Crippen LogP contribution >= 0.6 is 12.2 Å². The average Bonchev–Trinajstić information content (AvgIpc) is 2.81. The molecule has 1 fully saturated rings. The molecule has 5 heteroatoms. The lowest BCUT2D eigenvalue weighted by molar-refractivity contribution is 0.0995.